The van der Waals surface area contributed by atoms with Crippen molar-refractivity contribution in [2.45, 2.75) is 38.5 Å². The van der Waals surface area contributed by atoms with Gasteiger partial charge in [-0.15, -0.1) is 0 Å². The molecular formula is C64H47N3. The molecule has 2 heterocycles. The second-order valence-corrected chi connectivity index (χ2v) is 19.4. The summed E-state index contributed by atoms with van der Waals surface area (Å²) in [6.45, 7) is 9.38. The highest BCUT2D eigenvalue weighted by atomic mass is 15.0. The van der Waals surface area contributed by atoms with Crippen molar-refractivity contribution in [3.8, 4) is 84.1 Å². The molecule has 0 atom stereocenters. The van der Waals surface area contributed by atoms with E-state index < -0.39 is 0 Å². The summed E-state index contributed by atoms with van der Waals surface area (Å²) in [5.74, 6) is 0.704. The van der Waals surface area contributed by atoms with Crippen molar-refractivity contribution < 1.29 is 0 Å². The number of benzene rings is 9. The number of aromatic nitrogens is 3. The zero-order valence-corrected chi connectivity index (χ0v) is 38.0. The zero-order chi connectivity index (χ0) is 45.0. The Morgan fingerprint density at radius 3 is 1.37 bits per heavy atom. The van der Waals surface area contributed by atoms with Gasteiger partial charge in [-0.05, 0) is 127 Å². The van der Waals surface area contributed by atoms with Gasteiger partial charge in [0.05, 0.1) is 22.4 Å². The highest BCUT2D eigenvalue weighted by Gasteiger charge is 2.36. The van der Waals surface area contributed by atoms with Crippen molar-refractivity contribution in [3.05, 3.63) is 235 Å². The average Bonchev–Trinajstić information content (AvgIpc) is 3.93. The Labute approximate surface area is 391 Å². The first kappa shape index (κ1) is 39.2. The topological polar surface area (TPSA) is 30.7 Å². The third-order valence-corrected chi connectivity index (χ3v) is 14.8. The van der Waals surface area contributed by atoms with Gasteiger partial charge < -0.3 is 4.57 Å². The first-order chi connectivity index (χ1) is 32.7. The number of rotatable bonds is 6. The molecule has 0 saturated heterocycles. The van der Waals surface area contributed by atoms with Crippen LogP contribution in [0.15, 0.2) is 212 Å². The van der Waals surface area contributed by atoms with E-state index >= 15 is 0 Å². The van der Waals surface area contributed by atoms with Crippen LogP contribution >= 0.6 is 0 Å². The third-order valence-electron chi connectivity index (χ3n) is 14.8. The van der Waals surface area contributed by atoms with Crippen molar-refractivity contribution in [1.82, 2.24) is 14.5 Å². The van der Waals surface area contributed by atoms with Crippen LogP contribution in [0.5, 0.6) is 0 Å². The summed E-state index contributed by atoms with van der Waals surface area (Å²) in [5, 5.41) is 2.51. The number of para-hydroxylation sites is 2. The van der Waals surface area contributed by atoms with E-state index in [2.05, 4.69) is 239 Å². The van der Waals surface area contributed by atoms with Gasteiger partial charge >= 0.3 is 0 Å². The second kappa shape index (κ2) is 14.7. The Bertz CT molecular complexity index is 3740. The fourth-order valence-electron chi connectivity index (χ4n) is 11.3. The van der Waals surface area contributed by atoms with E-state index in [4.69, 9.17) is 9.97 Å². The van der Waals surface area contributed by atoms with E-state index in [0.29, 0.717) is 5.82 Å². The Kier molecular flexibility index (Phi) is 8.60. The highest BCUT2D eigenvalue weighted by Crippen LogP contribution is 2.51. The fourth-order valence-corrected chi connectivity index (χ4v) is 11.3. The van der Waals surface area contributed by atoms with E-state index in [-0.39, 0.29) is 10.8 Å². The summed E-state index contributed by atoms with van der Waals surface area (Å²) in [6, 6.07) is 77.7. The molecule has 13 rings (SSSR count). The monoisotopic (exact) mass is 857 g/mol. The molecule has 0 saturated carbocycles. The normalized spacial score (nSPS) is 13.9. The lowest BCUT2D eigenvalue weighted by Crippen LogP contribution is -2.15. The van der Waals surface area contributed by atoms with Gasteiger partial charge in [0.1, 0.15) is 0 Å². The molecule has 0 fully saturated rings. The predicted molar refractivity (Wildman–Crippen MR) is 279 cm³/mol. The van der Waals surface area contributed by atoms with Gasteiger partial charge in [0.25, 0.3) is 0 Å². The predicted octanol–water partition coefficient (Wildman–Crippen LogP) is 16.5. The molecule has 3 heteroatoms. The molecule has 2 aliphatic rings. The molecule has 11 aromatic rings. The molecule has 318 valence electrons. The first-order valence-corrected chi connectivity index (χ1v) is 23.4. The maximum Gasteiger partial charge on any atom is 0.160 e. The van der Waals surface area contributed by atoms with Crippen LogP contribution in [0.4, 0.5) is 0 Å². The summed E-state index contributed by atoms with van der Waals surface area (Å²) in [6.07, 6.45) is 0. The van der Waals surface area contributed by atoms with Gasteiger partial charge in [-0.3, -0.25) is 0 Å². The van der Waals surface area contributed by atoms with E-state index in [1.54, 1.807) is 0 Å². The molecular weight excluding hydrogens is 811 g/mol. The maximum absolute atomic E-state index is 5.40. The summed E-state index contributed by atoms with van der Waals surface area (Å²) in [7, 11) is 0. The average molecular weight is 858 g/mol. The van der Waals surface area contributed by atoms with Crippen LogP contribution in [0.1, 0.15) is 49.9 Å². The van der Waals surface area contributed by atoms with E-state index in [9.17, 15) is 0 Å². The van der Waals surface area contributed by atoms with Gasteiger partial charge in [0.2, 0.25) is 0 Å². The van der Waals surface area contributed by atoms with E-state index in [1.165, 1.54) is 71.9 Å². The summed E-state index contributed by atoms with van der Waals surface area (Å²) in [5.41, 5.74) is 23.4. The minimum atomic E-state index is -0.133. The molecule has 9 aromatic carbocycles. The first-order valence-electron chi connectivity index (χ1n) is 23.4. The van der Waals surface area contributed by atoms with Gasteiger partial charge in [-0.25, -0.2) is 9.97 Å². The minimum Gasteiger partial charge on any atom is -0.309 e. The quantitative estimate of drug-likeness (QED) is 0.167. The lowest BCUT2D eigenvalue weighted by atomic mass is 9.81. The van der Waals surface area contributed by atoms with Crippen molar-refractivity contribution in [2.75, 3.05) is 0 Å². The Balaban J connectivity index is 0.991. The Morgan fingerprint density at radius 2 is 0.761 bits per heavy atom. The minimum absolute atomic E-state index is 0.122. The number of hydrogen-bond acceptors (Lipinski definition) is 2. The van der Waals surface area contributed by atoms with Crippen LogP contribution in [0.25, 0.3) is 106 Å². The third kappa shape index (κ3) is 6.11. The molecule has 0 spiro atoms. The van der Waals surface area contributed by atoms with Crippen molar-refractivity contribution in [1.29, 1.82) is 0 Å². The Morgan fingerprint density at radius 1 is 0.313 bits per heavy atom. The zero-order valence-electron chi connectivity index (χ0n) is 38.0. The second-order valence-electron chi connectivity index (χ2n) is 19.4. The highest BCUT2D eigenvalue weighted by molar-refractivity contribution is 6.09. The molecule has 0 radical (unpaired) electrons. The van der Waals surface area contributed by atoms with Crippen LogP contribution in [0.3, 0.4) is 0 Å². The number of hydrogen-bond donors (Lipinski definition) is 0. The summed E-state index contributed by atoms with van der Waals surface area (Å²) >= 11 is 0. The lowest BCUT2D eigenvalue weighted by Gasteiger charge is -2.22. The van der Waals surface area contributed by atoms with Gasteiger partial charge in [0.15, 0.2) is 5.82 Å². The molecule has 3 nitrogen and oxygen atoms in total. The molecule has 2 aromatic heterocycles. The molecule has 2 aliphatic carbocycles. The van der Waals surface area contributed by atoms with Crippen molar-refractivity contribution in [2.24, 2.45) is 0 Å². The van der Waals surface area contributed by atoms with Crippen LogP contribution < -0.4 is 0 Å². The van der Waals surface area contributed by atoms with Crippen molar-refractivity contribution in [3.63, 3.8) is 0 Å². The molecule has 67 heavy (non-hydrogen) atoms. The van der Waals surface area contributed by atoms with Crippen LogP contribution in [-0.2, 0) is 10.8 Å². The van der Waals surface area contributed by atoms with E-state index in [1.807, 2.05) is 6.07 Å². The van der Waals surface area contributed by atoms with Gasteiger partial charge in [0, 0.05) is 44.0 Å². The standard InChI is InChI=1S/C64H47N3/c1-63(2)54-22-12-8-18-48(54)50-32-28-42(37-56(50)63)45-34-44(40-26-30-47(31-27-40)67-60-24-14-10-20-52(60)53-21-11-15-25-61(53)67)35-46(36-45)59-39-58(65-62(66-59)41-16-6-5-7-17-41)43-29-33-51-49-19-9-13-23-55(49)64(3,4)57(51)38-43/h5-39H,1-4H3. The van der Waals surface area contributed by atoms with Gasteiger partial charge in [-0.2, -0.15) is 0 Å². The SMILES string of the molecule is CC1(C)c2ccccc2-c2ccc(-c3cc(-c4ccc(-n5c6ccccc6c6ccccc65)cc4)cc(-c4cc(-c5ccc6c(c5)C(C)(C)c5ccccc5-6)nc(-c5ccccc5)n4)c3)cc21. The Hall–Kier alpha value is -8.14. The number of fused-ring (bicyclic) bond motifs is 9. The molecule has 0 amide bonds. The lowest BCUT2D eigenvalue weighted by molar-refractivity contribution is 0.660. The molecule has 0 unspecified atom stereocenters. The van der Waals surface area contributed by atoms with E-state index in [0.717, 1.165) is 50.5 Å². The largest absolute Gasteiger partial charge is 0.309 e. The summed E-state index contributed by atoms with van der Waals surface area (Å²) in [4.78, 5) is 10.7. The molecule has 0 N–H and O–H groups in total. The fraction of sp³-hybridized carbons (Fsp3) is 0.0938. The summed E-state index contributed by atoms with van der Waals surface area (Å²) < 4.78 is 2.38. The smallest absolute Gasteiger partial charge is 0.160 e. The maximum atomic E-state index is 5.40. The van der Waals surface area contributed by atoms with Crippen LogP contribution in [0.2, 0.25) is 0 Å². The molecule has 0 aliphatic heterocycles. The van der Waals surface area contributed by atoms with Crippen LogP contribution in [0, 0.1) is 0 Å². The van der Waals surface area contributed by atoms with Crippen molar-refractivity contribution >= 4 is 21.8 Å². The number of nitrogens with zero attached hydrogens (tertiary/aromatic N) is 3. The van der Waals surface area contributed by atoms with Crippen LogP contribution in [-0.4, -0.2) is 14.5 Å². The molecule has 0 bridgehead atoms. The van der Waals surface area contributed by atoms with Gasteiger partial charge in [-0.1, -0.05) is 179 Å².